The number of para-hydroxylation sites is 2. The molecule has 3 aromatic rings. The van der Waals surface area contributed by atoms with Crippen molar-refractivity contribution in [3.8, 4) is 11.5 Å². The Hall–Kier alpha value is -3.02. The second-order valence-corrected chi connectivity index (χ2v) is 6.44. The van der Waals surface area contributed by atoms with Crippen LogP contribution in [0.2, 0.25) is 0 Å². The van der Waals surface area contributed by atoms with Gasteiger partial charge in [0, 0.05) is 17.8 Å². The van der Waals surface area contributed by atoms with Gasteiger partial charge < -0.3 is 19.3 Å². The molecule has 0 unspecified atom stereocenters. The molecule has 6 nitrogen and oxygen atoms in total. The number of hydrogen-bond donors (Lipinski definition) is 1. The first-order chi connectivity index (χ1) is 12.7. The van der Waals surface area contributed by atoms with Gasteiger partial charge >= 0.3 is 0 Å². The predicted octanol–water partition coefficient (Wildman–Crippen LogP) is 2.75. The van der Waals surface area contributed by atoms with E-state index >= 15 is 0 Å². The third-order valence-electron chi connectivity index (χ3n) is 4.62. The minimum Gasteiger partial charge on any atom is -0.493 e. The molecule has 134 valence electrons. The lowest BCUT2D eigenvalue weighted by Crippen LogP contribution is -2.35. The van der Waals surface area contributed by atoms with Gasteiger partial charge in [0.1, 0.15) is 5.69 Å². The molecule has 1 aliphatic heterocycles. The van der Waals surface area contributed by atoms with Crippen LogP contribution in [0.5, 0.6) is 11.5 Å². The molecule has 0 bridgehead atoms. The number of methoxy groups -OCH3 is 1. The number of nitrogens with zero attached hydrogens (tertiary/aromatic N) is 1. The van der Waals surface area contributed by atoms with Gasteiger partial charge in [-0.3, -0.25) is 4.79 Å². The van der Waals surface area contributed by atoms with E-state index in [0.29, 0.717) is 24.4 Å². The number of aromatic nitrogens is 1. The van der Waals surface area contributed by atoms with Crippen LogP contribution in [0.3, 0.4) is 0 Å². The lowest BCUT2D eigenvalue weighted by Gasteiger charge is -2.26. The first kappa shape index (κ1) is 16.4. The highest BCUT2D eigenvalue weighted by Gasteiger charge is 2.23. The molecule has 1 amide bonds. The van der Waals surface area contributed by atoms with Crippen LogP contribution >= 0.6 is 0 Å². The number of ether oxygens (including phenoxy) is 2. The number of amides is 1. The Labute approximate surface area is 151 Å². The summed E-state index contributed by atoms with van der Waals surface area (Å²) in [5, 5.41) is 7.87. The van der Waals surface area contributed by atoms with E-state index in [-0.39, 0.29) is 18.2 Å². The van der Waals surface area contributed by atoms with Crippen LogP contribution in [0.4, 0.5) is 0 Å². The number of carbonyl (C=O) groups excluding carboxylic acids is 1. The van der Waals surface area contributed by atoms with Crippen molar-refractivity contribution in [1.29, 1.82) is 0 Å². The van der Waals surface area contributed by atoms with Crippen molar-refractivity contribution in [2.45, 2.75) is 12.8 Å². The summed E-state index contributed by atoms with van der Waals surface area (Å²) in [7, 11) is 1.64. The van der Waals surface area contributed by atoms with Crippen molar-refractivity contribution in [3.05, 3.63) is 53.7 Å². The number of carbonyl (C=O) groups is 1. The number of hydrogen-bond acceptors (Lipinski definition) is 5. The molecular formula is C20H20N2O4. The summed E-state index contributed by atoms with van der Waals surface area (Å²) in [6, 6.07) is 13.4. The van der Waals surface area contributed by atoms with Crippen LogP contribution < -0.4 is 14.8 Å². The fraction of sp³-hybridized carbons (Fsp3) is 0.300. The van der Waals surface area contributed by atoms with Crippen molar-refractivity contribution in [3.63, 3.8) is 0 Å². The van der Waals surface area contributed by atoms with E-state index in [1.54, 1.807) is 7.11 Å². The van der Waals surface area contributed by atoms with Gasteiger partial charge in [-0.1, -0.05) is 29.4 Å². The summed E-state index contributed by atoms with van der Waals surface area (Å²) in [4.78, 5) is 12.3. The van der Waals surface area contributed by atoms with Crippen LogP contribution in [0.25, 0.3) is 11.0 Å². The maximum atomic E-state index is 12.3. The molecule has 0 saturated heterocycles. The Morgan fingerprint density at radius 2 is 2.15 bits per heavy atom. The van der Waals surface area contributed by atoms with Gasteiger partial charge in [0.25, 0.3) is 0 Å². The molecule has 1 N–H and O–H groups in total. The molecule has 1 aliphatic rings. The maximum Gasteiger partial charge on any atom is 0.226 e. The van der Waals surface area contributed by atoms with Crippen LogP contribution in [-0.2, 0) is 17.6 Å². The van der Waals surface area contributed by atoms with Gasteiger partial charge in [-0.25, -0.2) is 0 Å². The zero-order valence-electron chi connectivity index (χ0n) is 14.5. The van der Waals surface area contributed by atoms with Gasteiger partial charge in [-0.2, -0.15) is 0 Å². The van der Waals surface area contributed by atoms with Gasteiger partial charge in [0.05, 0.1) is 20.1 Å². The molecule has 26 heavy (non-hydrogen) atoms. The van der Waals surface area contributed by atoms with Crippen molar-refractivity contribution in [1.82, 2.24) is 10.5 Å². The van der Waals surface area contributed by atoms with Crippen LogP contribution in [0, 0.1) is 5.92 Å². The molecule has 2 heterocycles. The third-order valence-corrected chi connectivity index (χ3v) is 4.62. The molecular weight excluding hydrogens is 332 g/mol. The van der Waals surface area contributed by atoms with E-state index in [1.165, 1.54) is 0 Å². The fourth-order valence-corrected chi connectivity index (χ4v) is 3.29. The Bertz CT molecular complexity index is 934. The highest BCUT2D eigenvalue weighted by Crippen LogP contribution is 2.35. The second kappa shape index (κ2) is 7.07. The molecule has 0 saturated carbocycles. The van der Waals surface area contributed by atoms with Crippen LogP contribution in [0.15, 0.2) is 47.0 Å². The Morgan fingerprint density at radius 1 is 1.27 bits per heavy atom. The van der Waals surface area contributed by atoms with E-state index < -0.39 is 0 Å². The van der Waals surface area contributed by atoms with E-state index in [9.17, 15) is 4.79 Å². The van der Waals surface area contributed by atoms with Crippen LogP contribution in [-0.4, -0.2) is 31.3 Å². The van der Waals surface area contributed by atoms with E-state index in [0.717, 1.165) is 28.9 Å². The number of nitrogens with one attached hydrogen (secondary N) is 1. The second-order valence-electron chi connectivity index (χ2n) is 6.44. The third kappa shape index (κ3) is 3.22. The summed E-state index contributed by atoms with van der Waals surface area (Å²) in [6.45, 7) is 1.12. The van der Waals surface area contributed by atoms with Crippen molar-refractivity contribution < 1.29 is 18.8 Å². The molecule has 2 aromatic carbocycles. The predicted molar refractivity (Wildman–Crippen MR) is 96.4 cm³/mol. The summed E-state index contributed by atoms with van der Waals surface area (Å²) < 4.78 is 16.4. The van der Waals surface area contributed by atoms with Crippen molar-refractivity contribution >= 4 is 16.9 Å². The highest BCUT2D eigenvalue weighted by atomic mass is 16.5. The Balaban J connectivity index is 1.35. The zero-order chi connectivity index (χ0) is 17.9. The van der Waals surface area contributed by atoms with Gasteiger partial charge in [-0.15, -0.1) is 0 Å². The quantitative estimate of drug-likeness (QED) is 0.764. The molecule has 0 aliphatic carbocycles. The van der Waals surface area contributed by atoms with Crippen molar-refractivity contribution in [2.24, 2.45) is 5.92 Å². The van der Waals surface area contributed by atoms with E-state index in [1.807, 2.05) is 42.5 Å². The Morgan fingerprint density at radius 3 is 3.04 bits per heavy atom. The minimum absolute atomic E-state index is 0.0690. The lowest BCUT2D eigenvalue weighted by atomic mass is 9.96. The number of rotatable bonds is 5. The monoisotopic (exact) mass is 352 g/mol. The van der Waals surface area contributed by atoms with Crippen LogP contribution in [0.1, 0.15) is 11.3 Å². The molecule has 0 spiro atoms. The summed E-state index contributed by atoms with van der Waals surface area (Å²) in [5.74, 6) is 1.72. The summed E-state index contributed by atoms with van der Waals surface area (Å²) in [5.41, 5.74) is 2.46. The molecule has 1 atom stereocenters. The first-order valence-corrected chi connectivity index (χ1v) is 8.63. The highest BCUT2D eigenvalue weighted by molar-refractivity contribution is 5.86. The Kier molecular flexibility index (Phi) is 4.48. The minimum atomic E-state index is -0.0690. The largest absolute Gasteiger partial charge is 0.493 e. The normalized spacial score (nSPS) is 16.0. The first-order valence-electron chi connectivity index (χ1n) is 8.63. The zero-order valence-corrected chi connectivity index (χ0v) is 14.5. The van der Waals surface area contributed by atoms with E-state index in [2.05, 4.69) is 10.5 Å². The van der Waals surface area contributed by atoms with Gasteiger partial charge in [0.15, 0.2) is 17.1 Å². The SMILES string of the molecule is COc1cccc2c1OC[C@@H](CNC(=O)Cc1noc3ccccc13)C2. The topological polar surface area (TPSA) is 73.6 Å². The number of fused-ring (bicyclic) bond motifs is 2. The van der Waals surface area contributed by atoms with Gasteiger partial charge in [0.2, 0.25) is 5.91 Å². The molecule has 6 heteroatoms. The average Bonchev–Trinajstić information content (AvgIpc) is 3.08. The summed E-state index contributed by atoms with van der Waals surface area (Å²) >= 11 is 0. The molecule has 0 radical (unpaired) electrons. The molecule has 0 fully saturated rings. The van der Waals surface area contributed by atoms with Crippen molar-refractivity contribution in [2.75, 3.05) is 20.3 Å². The van der Waals surface area contributed by atoms with E-state index in [4.69, 9.17) is 14.0 Å². The average molecular weight is 352 g/mol. The maximum absolute atomic E-state index is 12.3. The molecule has 4 rings (SSSR count). The molecule has 1 aromatic heterocycles. The fourth-order valence-electron chi connectivity index (χ4n) is 3.29. The summed E-state index contributed by atoms with van der Waals surface area (Å²) in [6.07, 6.45) is 1.05. The smallest absolute Gasteiger partial charge is 0.226 e. The lowest BCUT2D eigenvalue weighted by molar-refractivity contribution is -0.120. The standard InChI is InChI=1S/C20H20N2O4/c1-24-18-8-4-5-14-9-13(12-25-20(14)18)11-21-19(23)10-16-15-6-2-3-7-17(15)26-22-16/h2-8,13H,9-12H2,1H3,(H,21,23)/t13-/m1/s1. The number of benzene rings is 2. The van der Waals surface area contributed by atoms with Gasteiger partial charge in [-0.05, 0) is 30.2 Å².